The van der Waals surface area contributed by atoms with Crippen molar-refractivity contribution in [2.45, 2.75) is 13.0 Å². The largest absolute Gasteiger partial charge is 0.485 e. The molecule has 0 saturated carbocycles. The molecule has 0 bridgehead atoms. The van der Waals surface area contributed by atoms with Crippen molar-refractivity contribution < 1.29 is 19.3 Å². The van der Waals surface area contributed by atoms with Gasteiger partial charge in [-0.1, -0.05) is 0 Å². The van der Waals surface area contributed by atoms with Gasteiger partial charge in [-0.05, 0) is 6.92 Å². The summed E-state index contributed by atoms with van der Waals surface area (Å²) in [6.45, 7) is 2.77. The molecule has 1 fully saturated rings. The molecule has 0 aromatic rings. The first-order valence-corrected chi connectivity index (χ1v) is 3.84. The lowest BCUT2D eigenvalue weighted by Gasteiger charge is -2.22. The van der Waals surface area contributed by atoms with Gasteiger partial charge >= 0.3 is 6.03 Å². The van der Waals surface area contributed by atoms with E-state index >= 15 is 0 Å². The zero-order valence-corrected chi connectivity index (χ0v) is 7.90. The van der Waals surface area contributed by atoms with E-state index in [-0.39, 0.29) is 6.03 Å². The van der Waals surface area contributed by atoms with Crippen molar-refractivity contribution in [2.24, 2.45) is 0 Å². The Morgan fingerprint density at radius 1 is 1.50 bits per heavy atom. The van der Waals surface area contributed by atoms with Gasteiger partial charge in [0, 0.05) is 11.4 Å². The van der Waals surface area contributed by atoms with Gasteiger partial charge < -0.3 is 0 Å². The summed E-state index contributed by atoms with van der Waals surface area (Å²) in [6, 6.07) is 0.160. The Morgan fingerprint density at radius 2 is 1.92 bits per heavy atom. The molecular weight excluding hydrogens is 160 g/mol. The van der Waals surface area contributed by atoms with Crippen LogP contribution in [0.25, 0.3) is 0 Å². The number of carbonyl (C=O) groups excluding carboxylic acids is 1. The van der Waals surface area contributed by atoms with E-state index in [9.17, 15) is 4.79 Å². The monoisotopic (exact) mass is 175 g/mol. The molecular formula is C7H15N2O3+. The first-order valence-electron chi connectivity index (χ1n) is 3.84. The van der Waals surface area contributed by atoms with E-state index in [1.54, 1.807) is 11.9 Å². The Bertz CT molecular complexity index is 191. The second-order valence-electron chi connectivity index (χ2n) is 2.99. The second kappa shape index (κ2) is 3.01. The molecule has 2 amide bonds. The summed E-state index contributed by atoms with van der Waals surface area (Å²) < 4.78 is 0. The highest BCUT2D eigenvalue weighted by Crippen LogP contribution is 2.22. The molecule has 1 rings (SSSR count). The fraction of sp³-hybridized carbons (Fsp3) is 0.857. The summed E-state index contributed by atoms with van der Waals surface area (Å²) in [4.78, 5) is 22.6. The minimum Gasteiger partial charge on any atom is -0.280 e. The highest BCUT2D eigenvalue weighted by molar-refractivity contribution is 5.69. The third kappa shape index (κ3) is 1.43. The third-order valence-electron chi connectivity index (χ3n) is 2.15. The van der Waals surface area contributed by atoms with Gasteiger partial charge in [0.05, 0.1) is 6.04 Å². The molecule has 0 aromatic heterocycles. The highest BCUT2D eigenvalue weighted by Gasteiger charge is 2.48. The first kappa shape index (κ1) is 9.44. The van der Waals surface area contributed by atoms with Gasteiger partial charge in [0.15, 0.2) is 0 Å². The maximum Gasteiger partial charge on any atom is 0.485 e. The summed E-state index contributed by atoms with van der Waals surface area (Å²) in [5.41, 5.74) is 0. The maximum atomic E-state index is 11.5. The summed E-state index contributed by atoms with van der Waals surface area (Å²) in [7, 11) is 4.44. The van der Waals surface area contributed by atoms with Crippen LogP contribution in [0.1, 0.15) is 6.92 Å². The van der Waals surface area contributed by atoms with Crippen molar-refractivity contribution in [3.8, 4) is 0 Å². The molecule has 70 valence electrons. The van der Waals surface area contributed by atoms with Crippen molar-refractivity contribution in [1.82, 2.24) is 4.90 Å². The van der Waals surface area contributed by atoms with Crippen molar-refractivity contribution in [1.29, 1.82) is 0 Å². The van der Waals surface area contributed by atoms with Crippen molar-refractivity contribution in [2.75, 3.05) is 27.8 Å². The predicted molar refractivity (Wildman–Crippen MR) is 41.8 cm³/mol. The molecule has 1 aliphatic heterocycles. The SMILES string of the molecule is CO[N+](C)(OC)C(=O)N1CC1C. The highest BCUT2D eigenvalue weighted by atomic mass is 17.0. The summed E-state index contributed by atoms with van der Waals surface area (Å²) in [5, 5.41) is 0. The van der Waals surface area contributed by atoms with Crippen LogP contribution in [0.3, 0.4) is 0 Å². The standard InChI is InChI=1S/C7H15N2O3/c1-6-5-8(6)7(10)9(2,11-3)12-4/h6H,5H2,1-4H3/q+1. The molecule has 0 aromatic carbocycles. The van der Waals surface area contributed by atoms with Crippen LogP contribution in [-0.2, 0) is 9.68 Å². The molecule has 12 heavy (non-hydrogen) atoms. The van der Waals surface area contributed by atoms with Crippen molar-refractivity contribution in [3.63, 3.8) is 0 Å². The Hall–Kier alpha value is -0.650. The zero-order valence-electron chi connectivity index (χ0n) is 7.90. The van der Waals surface area contributed by atoms with E-state index in [0.29, 0.717) is 6.04 Å². The van der Waals surface area contributed by atoms with Crippen molar-refractivity contribution >= 4 is 6.03 Å². The van der Waals surface area contributed by atoms with Crippen LogP contribution in [0.5, 0.6) is 0 Å². The molecule has 1 saturated heterocycles. The number of carbonyl (C=O) groups is 1. The Morgan fingerprint density at radius 3 is 2.17 bits per heavy atom. The van der Waals surface area contributed by atoms with Crippen LogP contribution < -0.4 is 0 Å². The number of amides is 2. The van der Waals surface area contributed by atoms with Crippen LogP contribution >= 0.6 is 0 Å². The minimum absolute atomic E-state index is 0.160. The van der Waals surface area contributed by atoms with Gasteiger partial charge in [0.25, 0.3) is 0 Å². The molecule has 0 N–H and O–H groups in total. The number of nitrogens with zero attached hydrogens (tertiary/aromatic N) is 2. The number of hydrogen-bond acceptors (Lipinski definition) is 3. The quantitative estimate of drug-likeness (QED) is 0.346. The Kier molecular flexibility index (Phi) is 2.36. The topological polar surface area (TPSA) is 38.5 Å². The van der Waals surface area contributed by atoms with Gasteiger partial charge in [0.1, 0.15) is 21.3 Å². The van der Waals surface area contributed by atoms with Crippen LogP contribution in [0.4, 0.5) is 4.79 Å². The van der Waals surface area contributed by atoms with Crippen LogP contribution in [-0.4, -0.2) is 49.6 Å². The lowest BCUT2D eigenvalue weighted by atomic mass is 10.6. The van der Waals surface area contributed by atoms with E-state index in [1.165, 1.54) is 14.2 Å². The van der Waals surface area contributed by atoms with E-state index in [0.717, 1.165) is 6.54 Å². The Labute approximate surface area is 71.9 Å². The zero-order chi connectivity index (χ0) is 9.35. The smallest absolute Gasteiger partial charge is 0.280 e. The predicted octanol–water partition coefficient (Wildman–Crippen LogP) is 0.380. The lowest BCUT2D eigenvalue weighted by molar-refractivity contribution is -1.17. The number of rotatable bonds is 2. The van der Waals surface area contributed by atoms with Crippen LogP contribution in [0.15, 0.2) is 0 Å². The number of quaternary nitrogens is 1. The summed E-state index contributed by atoms with van der Waals surface area (Å²) in [5.74, 6) is 0. The lowest BCUT2D eigenvalue weighted by Crippen LogP contribution is -2.50. The molecule has 1 heterocycles. The van der Waals surface area contributed by atoms with Crippen molar-refractivity contribution in [3.05, 3.63) is 0 Å². The van der Waals surface area contributed by atoms with E-state index in [4.69, 9.17) is 9.68 Å². The van der Waals surface area contributed by atoms with Crippen LogP contribution in [0, 0.1) is 0 Å². The molecule has 1 atom stereocenters. The average Bonchev–Trinajstić information content (AvgIpc) is 2.80. The van der Waals surface area contributed by atoms with E-state index < -0.39 is 4.81 Å². The third-order valence-corrected chi connectivity index (χ3v) is 2.15. The number of hydroxylamine groups is 4. The van der Waals surface area contributed by atoms with E-state index in [1.807, 2.05) is 6.92 Å². The van der Waals surface area contributed by atoms with Gasteiger partial charge in [-0.3, -0.25) is 4.90 Å². The second-order valence-corrected chi connectivity index (χ2v) is 2.99. The van der Waals surface area contributed by atoms with Gasteiger partial charge in [-0.15, -0.1) is 0 Å². The Balaban J connectivity index is 2.60. The van der Waals surface area contributed by atoms with Crippen LogP contribution in [0.2, 0.25) is 0 Å². The summed E-state index contributed by atoms with van der Waals surface area (Å²) >= 11 is 0. The summed E-state index contributed by atoms with van der Waals surface area (Å²) in [6.07, 6.45) is 0. The van der Waals surface area contributed by atoms with Gasteiger partial charge in [-0.25, -0.2) is 0 Å². The minimum atomic E-state index is -0.454. The van der Waals surface area contributed by atoms with E-state index in [2.05, 4.69) is 0 Å². The average molecular weight is 175 g/mol. The molecule has 0 spiro atoms. The number of hydrogen-bond donors (Lipinski definition) is 0. The molecule has 1 aliphatic rings. The van der Waals surface area contributed by atoms with Gasteiger partial charge in [0.2, 0.25) is 0 Å². The first-order chi connectivity index (χ1) is 5.55. The van der Waals surface area contributed by atoms with Gasteiger partial charge in [-0.2, -0.15) is 14.5 Å². The molecule has 5 heteroatoms. The molecule has 5 nitrogen and oxygen atoms in total. The molecule has 1 unspecified atom stereocenters. The maximum absolute atomic E-state index is 11.5. The molecule has 0 radical (unpaired) electrons. The molecule has 0 aliphatic carbocycles. The number of urea groups is 1. The fourth-order valence-electron chi connectivity index (χ4n) is 0.968. The fourth-order valence-corrected chi connectivity index (χ4v) is 0.968. The normalized spacial score (nSPS) is 22.7.